The monoisotopic (exact) mass is 175 g/mol. The van der Waals surface area contributed by atoms with E-state index in [1.165, 1.54) is 0 Å². The normalized spacial score (nSPS) is 19.1. The number of carbonyl (C=O) groups excluding carboxylic acids is 1. The van der Waals surface area contributed by atoms with E-state index in [0.717, 1.165) is 11.4 Å². The number of benzene rings is 1. The Morgan fingerprint density at radius 2 is 2.00 bits per heavy atom. The molecule has 1 aliphatic rings. The third-order valence-electron chi connectivity index (χ3n) is 1.79. The molecule has 1 aliphatic heterocycles. The highest BCUT2D eigenvalue weighted by molar-refractivity contribution is 6.05. The van der Waals surface area contributed by atoms with E-state index in [2.05, 4.69) is 4.99 Å². The molecule has 1 fully saturated rings. The van der Waals surface area contributed by atoms with Gasteiger partial charge in [0.15, 0.2) is 0 Å². The summed E-state index contributed by atoms with van der Waals surface area (Å²) >= 11 is 0. The third kappa shape index (κ3) is 1.93. The zero-order valence-corrected chi connectivity index (χ0v) is 7.06. The number of cyclic esters (lactones) is 1. The zero-order valence-electron chi connectivity index (χ0n) is 7.06. The first-order chi connectivity index (χ1) is 6.34. The van der Waals surface area contributed by atoms with Crippen LogP contribution < -0.4 is 0 Å². The molecule has 3 heteroatoms. The van der Waals surface area contributed by atoms with Crippen molar-refractivity contribution in [1.29, 1.82) is 0 Å². The maximum atomic E-state index is 10.7. The molecule has 0 N–H and O–H groups in total. The number of rotatable bonds is 1. The molecule has 0 atom stereocenters. The Morgan fingerprint density at radius 3 is 2.62 bits per heavy atom. The van der Waals surface area contributed by atoms with Crippen LogP contribution in [-0.4, -0.2) is 18.3 Å². The summed E-state index contributed by atoms with van der Waals surface area (Å²) in [4.78, 5) is 15.0. The van der Waals surface area contributed by atoms with Crippen molar-refractivity contribution in [3.8, 4) is 0 Å². The molecule has 1 saturated heterocycles. The van der Waals surface area contributed by atoms with Crippen molar-refractivity contribution in [2.45, 2.75) is 6.42 Å². The number of carbonyl (C=O) groups is 1. The lowest BCUT2D eigenvalue weighted by Crippen LogP contribution is -1.94. The Balaban J connectivity index is 2.17. The minimum Gasteiger partial charge on any atom is -0.459 e. The molecule has 13 heavy (non-hydrogen) atoms. The van der Waals surface area contributed by atoms with E-state index in [0.29, 0.717) is 13.0 Å². The molecule has 66 valence electrons. The van der Waals surface area contributed by atoms with Gasteiger partial charge in [-0.2, -0.15) is 0 Å². The smallest absolute Gasteiger partial charge is 0.312 e. The molecule has 1 aromatic carbocycles. The molecular weight excluding hydrogens is 166 g/mol. The van der Waals surface area contributed by atoms with Crippen molar-refractivity contribution in [3.63, 3.8) is 0 Å². The number of ether oxygens (including phenoxy) is 1. The van der Waals surface area contributed by atoms with Gasteiger partial charge in [-0.25, -0.2) is 0 Å². The number of nitrogens with zero attached hydrogens (tertiary/aromatic N) is 1. The van der Waals surface area contributed by atoms with Crippen LogP contribution in [0.5, 0.6) is 0 Å². The molecule has 2 rings (SSSR count). The quantitative estimate of drug-likeness (QED) is 0.609. The van der Waals surface area contributed by atoms with E-state index in [-0.39, 0.29) is 5.97 Å². The van der Waals surface area contributed by atoms with E-state index < -0.39 is 0 Å². The Kier molecular flexibility index (Phi) is 2.08. The molecule has 1 aromatic rings. The van der Waals surface area contributed by atoms with Gasteiger partial charge in [-0.15, -0.1) is 0 Å². The molecule has 1 heterocycles. The van der Waals surface area contributed by atoms with Crippen LogP contribution >= 0.6 is 0 Å². The first kappa shape index (κ1) is 7.98. The second kappa shape index (κ2) is 3.39. The van der Waals surface area contributed by atoms with Crippen LogP contribution in [0.15, 0.2) is 35.3 Å². The average molecular weight is 175 g/mol. The number of hydrogen-bond acceptors (Lipinski definition) is 3. The Hall–Kier alpha value is -1.64. The van der Waals surface area contributed by atoms with Crippen molar-refractivity contribution in [3.05, 3.63) is 30.3 Å². The van der Waals surface area contributed by atoms with Crippen LogP contribution in [0.2, 0.25) is 0 Å². The Morgan fingerprint density at radius 1 is 1.23 bits per heavy atom. The highest BCUT2D eigenvalue weighted by atomic mass is 16.5. The summed E-state index contributed by atoms with van der Waals surface area (Å²) in [5, 5.41) is 0. The standard InChI is InChI=1S/C10H9NO2/c12-10-6-9(7-13-10)11-8-4-2-1-3-5-8/h1-5H,6-7H2. The van der Waals surface area contributed by atoms with Gasteiger partial charge < -0.3 is 4.74 Å². The fourth-order valence-electron chi connectivity index (χ4n) is 1.19. The molecule has 0 unspecified atom stereocenters. The first-order valence-corrected chi connectivity index (χ1v) is 4.12. The van der Waals surface area contributed by atoms with E-state index in [1.54, 1.807) is 0 Å². The number of para-hydroxylation sites is 1. The molecular formula is C10H9NO2. The van der Waals surface area contributed by atoms with Crippen molar-refractivity contribution in [1.82, 2.24) is 0 Å². The maximum absolute atomic E-state index is 10.7. The van der Waals surface area contributed by atoms with Gasteiger partial charge in [0.2, 0.25) is 0 Å². The topological polar surface area (TPSA) is 38.7 Å². The van der Waals surface area contributed by atoms with Crippen LogP contribution in [0, 0.1) is 0 Å². The highest BCUT2D eigenvalue weighted by Crippen LogP contribution is 2.13. The predicted molar refractivity (Wildman–Crippen MR) is 49.1 cm³/mol. The molecule has 0 amide bonds. The van der Waals surface area contributed by atoms with Crippen LogP contribution in [0.4, 0.5) is 5.69 Å². The lowest BCUT2D eigenvalue weighted by molar-refractivity contribution is -0.137. The summed E-state index contributed by atoms with van der Waals surface area (Å²) < 4.78 is 4.77. The van der Waals surface area contributed by atoms with Gasteiger partial charge in [-0.05, 0) is 12.1 Å². The lowest BCUT2D eigenvalue weighted by Gasteiger charge is -1.93. The number of aliphatic imine (C=N–C) groups is 1. The molecule has 0 aliphatic carbocycles. The van der Waals surface area contributed by atoms with E-state index >= 15 is 0 Å². The van der Waals surface area contributed by atoms with Crippen molar-refractivity contribution >= 4 is 17.4 Å². The number of esters is 1. The summed E-state index contributed by atoms with van der Waals surface area (Å²) in [6, 6.07) is 9.56. The van der Waals surface area contributed by atoms with E-state index in [1.807, 2.05) is 30.3 Å². The Labute approximate surface area is 76.1 Å². The van der Waals surface area contributed by atoms with Crippen molar-refractivity contribution < 1.29 is 9.53 Å². The molecule has 0 spiro atoms. The predicted octanol–water partition coefficient (Wildman–Crippen LogP) is 1.71. The minimum absolute atomic E-state index is 0.185. The summed E-state index contributed by atoms with van der Waals surface area (Å²) in [6.45, 7) is 0.341. The number of hydrogen-bond donors (Lipinski definition) is 0. The van der Waals surface area contributed by atoms with E-state index in [4.69, 9.17) is 4.74 Å². The molecule has 0 radical (unpaired) electrons. The fourth-order valence-corrected chi connectivity index (χ4v) is 1.19. The highest BCUT2D eigenvalue weighted by Gasteiger charge is 2.17. The first-order valence-electron chi connectivity index (χ1n) is 4.12. The van der Waals surface area contributed by atoms with Gasteiger partial charge in [0.1, 0.15) is 6.61 Å². The summed E-state index contributed by atoms with van der Waals surface area (Å²) in [7, 11) is 0. The van der Waals surface area contributed by atoms with Gasteiger partial charge in [0.05, 0.1) is 17.8 Å². The second-order valence-corrected chi connectivity index (χ2v) is 2.85. The van der Waals surface area contributed by atoms with Crippen molar-refractivity contribution in [2.24, 2.45) is 4.99 Å². The van der Waals surface area contributed by atoms with Gasteiger partial charge in [0.25, 0.3) is 0 Å². The summed E-state index contributed by atoms with van der Waals surface area (Å²) in [5.74, 6) is -0.185. The largest absolute Gasteiger partial charge is 0.459 e. The molecule has 3 nitrogen and oxygen atoms in total. The lowest BCUT2D eigenvalue weighted by atomic mass is 10.3. The summed E-state index contributed by atoms with van der Waals surface area (Å²) in [5.41, 5.74) is 1.67. The average Bonchev–Trinajstić information content (AvgIpc) is 2.53. The molecule has 0 saturated carbocycles. The van der Waals surface area contributed by atoms with Gasteiger partial charge >= 0.3 is 5.97 Å². The van der Waals surface area contributed by atoms with Crippen LogP contribution in [0.25, 0.3) is 0 Å². The maximum Gasteiger partial charge on any atom is 0.312 e. The second-order valence-electron chi connectivity index (χ2n) is 2.85. The van der Waals surface area contributed by atoms with E-state index in [9.17, 15) is 4.79 Å². The van der Waals surface area contributed by atoms with Gasteiger partial charge in [0, 0.05) is 0 Å². The summed E-state index contributed by atoms with van der Waals surface area (Å²) in [6.07, 6.45) is 0.328. The molecule has 0 aromatic heterocycles. The van der Waals surface area contributed by atoms with Crippen molar-refractivity contribution in [2.75, 3.05) is 6.61 Å². The third-order valence-corrected chi connectivity index (χ3v) is 1.79. The molecule has 0 bridgehead atoms. The van der Waals surface area contributed by atoms with Gasteiger partial charge in [-0.3, -0.25) is 9.79 Å². The van der Waals surface area contributed by atoms with Crippen LogP contribution in [0.1, 0.15) is 6.42 Å². The Bertz CT molecular complexity index is 343. The van der Waals surface area contributed by atoms with Crippen LogP contribution in [0.3, 0.4) is 0 Å². The fraction of sp³-hybridized carbons (Fsp3) is 0.200. The SMILES string of the molecule is O=C1CC(=Nc2ccccc2)CO1. The minimum atomic E-state index is -0.185. The van der Waals surface area contributed by atoms with Gasteiger partial charge in [-0.1, -0.05) is 18.2 Å². The van der Waals surface area contributed by atoms with Crippen LogP contribution in [-0.2, 0) is 9.53 Å². The zero-order chi connectivity index (χ0) is 9.10.